The number of rotatable bonds is 6. The van der Waals surface area contributed by atoms with Crippen molar-refractivity contribution in [2.45, 2.75) is 31.3 Å². The summed E-state index contributed by atoms with van der Waals surface area (Å²) >= 11 is 3.17. The number of nitrogens with zero attached hydrogens (tertiary/aromatic N) is 2. The maximum atomic E-state index is 13.2. The first kappa shape index (κ1) is 18.9. The van der Waals surface area contributed by atoms with E-state index in [4.69, 9.17) is 0 Å². The molecule has 28 heavy (non-hydrogen) atoms. The van der Waals surface area contributed by atoms with Crippen LogP contribution in [0, 0.1) is 0 Å². The Bertz CT molecular complexity index is 921. The van der Waals surface area contributed by atoms with Crippen LogP contribution in [0.4, 0.5) is 4.79 Å². The van der Waals surface area contributed by atoms with Gasteiger partial charge in [0.15, 0.2) is 0 Å². The van der Waals surface area contributed by atoms with E-state index in [-0.39, 0.29) is 18.4 Å². The Balaban J connectivity index is 1.53. The lowest BCUT2D eigenvalue weighted by atomic mass is 9.80. The molecule has 146 valence electrons. The van der Waals surface area contributed by atoms with E-state index in [1.54, 1.807) is 33.6 Å². The number of hydrogen-bond acceptors (Lipinski definition) is 5. The van der Waals surface area contributed by atoms with Crippen LogP contribution >= 0.6 is 22.7 Å². The van der Waals surface area contributed by atoms with Crippen LogP contribution in [0.2, 0.25) is 0 Å². The molecule has 4 amide bonds. The summed E-state index contributed by atoms with van der Waals surface area (Å²) in [5.74, 6) is -0.588. The van der Waals surface area contributed by atoms with Crippen LogP contribution in [0.1, 0.15) is 28.2 Å². The van der Waals surface area contributed by atoms with Crippen LogP contribution in [0.3, 0.4) is 0 Å². The third kappa shape index (κ3) is 3.16. The molecule has 1 saturated heterocycles. The fraction of sp³-hybridized carbons (Fsp3) is 0.350. The van der Waals surface area contributed by atoms with Crippen molar-refractivity contribution in [2.75, 3.05) is 13.1 Å². The lowest BCUT2D eigenvalue weighted by molar-refractivity contribution is -0.139. The Morgan fingerprint density at radius 3 is 2.93 bits per heavy atom. The minimum atomic E-state index is -1.01. The average Bonchev–Trinajstić information content (AvgIpc) is 3.40. The van der Waals surface area contributed by atoms with E-state index in [1.165, 1.54) is 0 Å². The summed E-state index contributed by atoms with van der Waals surface area (Å²) in [7, 11) is 0. The summed E-state index contributed by atoms with van der Waals surface area (Å²) in [6, 6.07) is 5.31. The van der Waals surface area contributed by atoms with Gasteiger partial charge in [0.25, 0.3) is 5.91 Å². The number of carbonyl (C=O) groups is 3. The van der Waals surface area contributed by atoms with E-state index >= 15 is 0 Å². The molecular weight excluding hydrogens is 394 g/mol. The predicted molar refractivity (Wildman–Crippen MR) is 109 cm³/mol. The van der Waals surface area contributed by atoms with Crippen LogP contribution in [0.5, 0.6) is 0 Å². The van der Waals surface area contributed by atoms with E-state index in [0.29, 0.717) is 19.5 Å². The lowest BCUT2D eigenvalue weighted by Gasteiger charge is -2.31. The smallest absolute Gasteiger partial charge is 0.325 e. The highest BCUT2D eigenvalue weighted by molar-refractivity contribution is 7.10. The number of amides is 4. The van der Waals surface area contributed by atoms with Crippen LogP contribution in [-0.4, -0.2) is 40.7 Å². The van der Waals surface area contributed by atoms with Gasteiger partial charge in [-0.25, -0.2) is 4.79 Å². The molecule has 1 atom stereocenters. The van der Waals surface area contributed by atoms with Gasteiger partial charge < -0.3 is 10.2 Å². The molecule has 3 heterocycles. The lowest BCUT2D eigenvalue weighted by Crippen LogP contribution is -2.47. The van der Waals surface area contributed by atoms with E-state index in [0.717, 1.165) is 33.1 Å². The Kier molecular flexibility index (Phi) is 5.07. The van der Waals surface area contributed by atoms with Crippen LogP contribution < -0.4 is 5.32 Å². The fourth-order valence-electron chi connectivity index (χ4n) is 3.92. The maximum absolute atomic E-state index is 13.2. The number of hydrogen-bond donors (Lipinski definition) is 1. The van der Waals surface area contributed by atoms with Gasteiger partial charge in [0.05, 0.1) is 6.54 Å². The topological polar surface area (TPSA) is 69.7 Å². The third-order valence-corrected chi connectivity index (χ3v) is 7.10. The van der Waals surface area contributed by atoms with Crippen molar-refractivity contribution in [3.8, 4) is 0 Å². The number of aryl methyl sites for hydroxylation is 1. The molecule has 2 aromatic rings. The summed E-state index contributed by atoms with van der Waals surface area (Å²) < 4.78 is 0. The highest BCUT2D eigenvalue weighted by Crippen LogP contribution is 2.42. The van der Waals surface area contributed by atoms with Gasteiger partial charge in [0.1, 0.15) is 12.1 Å². The van der Waals surface area contributed by atoms with Gasteiger partial charge in [-0.05, 0) is 42.2 Å². The zero-order valence-electron chi connectivity index (χ0n) is 15.3. The molecule has 1 aliphatic carbocycles. The number of imide groups is 1. The van der Waals surface area contributed by atoms with Crippen molar-refractivity contribution >= 4 is 40.5 Å². The van der Waals surface area contributed by atoms with Crippen molar-refractivity contribution in [1.82, 2.24) is 15.1 Å². The number of carbonyl (C=O) groups excluding carboxylic acids is 3. The third-order valence-electron chi connectivity index (χ3n) is 5.26. The molecule has 1 aliphatic heterocycles. The Morgan fingerprint density at radius 1 is 1.32 bits per heavy atom. The molecule has 0 aromatic carbocycles. The van der Waals surface area contributed by atoms with E-state index in [9.17, 15) is 14.4 Å². The van der Waals surface area contributed by atoms with Gasteiger partial charge in [-0.2, -0.15) is 0 Å². The first-order valence-corrected chi connectivity index (χ1v) is 10.9. The fourth-order valence-corrected chi connectivity index (χ4v) is 5.64. The average molecular weight is 416 g/mol. The van der Waals surface area contributed by atoms with E-state index < -0.39 is 11.6 Å². The predicted octanol–water partition coefficient (Wildman–Crippen LogP) is 3.11. The standard InChI is InChI=1S/C20H21N3O3S2/c1-2-9-22(12-14-5-4-10-27-14)17(24)13-23-18(25)20(21-19(23)26)8-3-6-16-15(20)7-11-28-16/h2,4-5,7,10-11H,1,3,6,8-9,12-13H2,(H,21,26)/t20-/m1/s1. The largest absolute Gasteiger partial charge is 0.332 e. The van der Waals surface area contributed by atoms with Crippen LogP contribution in [0.25, 0.3) is 0 Å². The number of thiophene rings is 2. The zero-order valence-corrected chi connectivity index (χ0v) is 17.0. The minimum absolute atomic E-state index is 0.259. The molecule has 4 rings (SSSR count). The Hall–Kier alpha value is -2.45. The van der Waals surface area contributed by atoms with Gasteiger partial charge in [-0.3, -0.25) is 14.5 Å². The number of urea groups is 1. The first-order chi connectivity index (χ1) is 13.5. The van der Waals surface area contributed by atoms with E-state index in [1.807, 2.05) is 29.0 Å². The molecular formula is C20H21N3O3S2. The Morgan fingerprint density at radius 2 is 2.18 bits per heavy atom. The molecule has 1 N–H and O–H groups in total. The van der Waals surface area contributed by atoms with Crippen molar-refractivity contribution in [1.29, 1.82) is 0 Å². The van der Waals surface area contributed by atoms with Gasteiger partial charge in [-0.15, -0.1) is 29.3 Å². The van der Waals surface area contributed by atoms with Gasteiger partial charge in [0, 0.05) is 21.9 Å². The van der Waals surface area contributed by atoms with Gasteiger partial charge >= 0.3 is 6.03 Å². The number of nitrogens with one attached hydrogen (secondary N) is 1. The molecule has 0 radical (unpaired) electrons. The SMILES string of the molecule is C=CCN(Cc1cccs1)C(=O)CN1C(=O)N[C@@]2(CCCc3sccc32)C1=O. The van der Waals surface area contributed by atoms with Crippen molar-refractivity contribution in [3.05, 3.63) is 56.9 Å². The molecule has 1 fully saturated rings. The van der Waals surface area contributed by atoms with Crippen molar-refractivity contribution in [2.24, 2.45) is 0 Å². The molecule has 8 heteroatoms. The normalized spacial score (nSPS) is 20.9. The summed E-state index contributed by atoms with van der Waals surface area (Å²) in [6.45, 7) is 4.25. The highest BCUT2D eigenvalue weighted by Gasteiger charge is 2.54. The minimum Gasteiger partial charge on any atom is -0.332 e. The van der Waals surface area contributed by atoms with Crippen molar-refractivity contribution < 1.29 is 14.4 Å². The highest BCUT2D eigenvalue weighted by atomic mass is 32.1. The van der Waals surface area contributed by atoms with Crippen LogP contribution in [0.15, 0.2) is 41.6 Å². The van der Waals surface area contributed by atoms with Gasteiger partial charge in [-0.1, -0.05) is 12.1 Å². The molecule has 0 bridgehead atoms. The monoisotopic (exact) mass is 415 g/mol. The molecule has 1 spiro atoms. The second-order valence-corrected chi connectivity index (χ2v) is 9.01. The molecule has 2 aliphatic rings. The van der Waals surface area contributed by atoms with Crippen LogP contribution in [-0.2, 0) is 28.1 Å². The molecule has 2 aromatic heterocycles. The van der Waals surface area contributed by atoms with Gasteiger partial charge in [0.2, 0.25) is 5.91 Å². The summed E-state index contributed by atoms with van der Waals surface area (Å²) in [5, 5.41) is 6.80. The molecule has 0 saturated carbocycles. The molecule has 6 nitrogen and oxygen atoms in total. The first-order valence-electron chi connectivity index (χ1n) is 9.17. The van der Waals surface area contributed by atoms with E-state index in [2.05, 4.69) is 11.9 Å². The summed E-state index contributed by atoms with van der Waals surface area (Å²) in [6.07, 6.45) is 3.97. The second-order valence-electron chi connectivity index (χ2n) is 6.98. The zero-order chi connectivity index (χ0) is 19.7. The summed E-state index contributed by atoms with van der Waals surface area (Å²) in [5.41, 5.74) is -0.124. The summed E-state index contributed by atoms with van der Waals surface area (Å²) in [4.78, 5) is 43.6. The molecule has 0 unspecified atom stereocenters. The number of fused-ring (bicyclic) bond motifs is 2. The Labute approximate surface area is 171 Å². The quantitative estimate of drug-likeness (QED) is 0.582. The van der Waals surface area contributed by atoms with Crippen molar-refractivity contribution in [3.63, 3.8) is 0 Å². The second kappa shape index (κ2) is 7.52. The maximum Gasteiger partial charge on any atom is 0.325 e.